The van der Waals surface area contributed by atoms with Crippen LogP contribution < -0.4 is 5.32 Å². The Kier molecular flexibility index (Phi) is 5.14. The molecule has 0 atom stereocenters. The van der Waals surface area contributed by atoms with Gasteiger partial charge in [0.1, 0.15) is 5.69 Å². The number of H-pyrrole nitrogens is 1. The van der Waals surface area contributed by atoms with Gasteiger partial charge in [-0.3, -0.25) is 9.59 Å². The molecule has 0 aliphatic rings. The number of hydrogen-bond donors (Lipinski definition) is 2. The summed E-state index contributed by atoms with van der Waals surface area (Å²) in [6, 6.07) is 0. The molecule has 2 aromatic heterocycles. The second-order valence-electron chi connectivity index (χ2n) is 5.30. The molecular weight excluding hydrogens is 280 g/mol. The van der Waals surface area contributed by atoms with Gasteiger partial charge in [0.2, 0.25) is 0 Å². The van der Waals surface area contributed by atoms with Crippen molar-refractivity contribution in [3.05, 3.63) is 41.2 Å². The normalized spacial score (nSPS) is 10.7. The van der Waals surface area contributed by atoms with E-state index in [-0.39, 0.29) is 11.7 Å². The molecule has 22 heavy (non-hydrogen) atoms. The van der Waals surface area contributed by atoms with Crippen LogP contribution in [0.4, 0.5) is 0 Å². The minimum atomic E-state index is -0.155. The third-order valence-electron chi connectivity index (χ3n) is 3.66. The van der Waals surface area contributed by atoms with Crippen LogP contribution in [0.1, 0.15) is 52.4 Å². The topological polar surface area (TPSA) is 79.8 Å². The molecule has 2 rings (SSSR count). The highest BCUT2D eigenvalue weighted by atomic mass is 16.2. The van der Waals surface area contributed by atoms with Crippen LogP contribution in [0.15, 0.2) is 18.7 Å². The van der Waals surface area contributed by atoms with Crippen LogP contribution in [0.2, 0.25) is 0 Å². The van der Waals surface area contributed by atoms with Crippen LogP contribution in [-0.2, 0) is 13.0 Å². The van der Waals surface area contributed by atoms with Crippen LogP contribution in [0.3, 0.4) is 0 Å². The highest BCUT2D eigenvalue weighted by Gasteiger charge is 2.21. The Balaban J connectivity index is 1.97. The zero-order valence-corrected chi connectivity index (χ0v) is 13.3. The highest BCUT2D eigenvalue weighted by Crippen LogP contribution is 2.20. The van der Waals surface area contributed by atoms with Gasteiger partial charge in [0.05, 0.1) is 6.33 Å². The third-order valence-corrected chi connectivity index (χ3v) is 3.66. The summed E-state index contributed by atoms with van der Waals surface area (Å²) in [5, 5.41) is 2.90. The Bertz CT molecular complexity index is 656. The maximum atomic E-state index is 12.3. The molecule has 0 unspecified atom stereocenters. The average molecular weight is 302 g/mol. The summed E-state index contributed by atoms with van der Waals surface area (Å²) in [4.78, 5) is 31.0. The van der Waals surface area contributed by atoms with Gasteiger partial charge < -0.3 is 14.9 Å². The maximum absolute atomic E-state index is 12.3. The largest absolute Gasteiger partial charge is 0.354 e. The summed E-state index contributed by atoms with van der Waals surface area (Å²) >= 11 is 0. The van der Waals surface area contributed by atoms with E-state index in [1.165, 1.54) is 6.92 Å². The van der Waals surface area contributed by atoms with E-state index in [0.717, 1.165) is 24.2 Å². The van der Waals surface area contributed by atoms with Crippen molar-refractivity contribution in [3.63, 3.8) is 0 Å². The van der Waals surface area contributed by atoms with E-state index in [1.54, 1.807) is 12.5 Å². The molecule has 0 aromatic carbocycles. The van der Waals surface area contributed by atoms with Crippen LogP contribution in [-0.4, -0.2) is 32.8 Å². The molecule has 2 heterocycles. The van der Waals surface area contributed by atoms with Crippen LogP contribution in [0.25, 0.3) is 0 Å². The number of hydrogen-bond acceptors (Lipinski definition) is 3. The fourth-order valence-electron chi connectivity index (χ4n) is 2.67. The fraction of sp³-hybridized carbons (Fsp3) is 0.438. The number of nitrogens with one attached hydrogen (secondary N) is 2. The van der Waals surface area contributed by atoms with Gasteiger partial charge in [-0.1, -0.05) is 6.92 Å². The van der Waals surface area contributed by atoms with Gasteiger partial charge in [-0.2, -0.15) is 0 Å². The fourth-order valence-corrected chi connectivity index (χ4v) is 2.67. The van der Waals surface area contributed by atoms with Gasteiger partial charge in [-0.25, -0.2) is 4.98 Å². The first-order valence-corrected chi connectivity index (χ1v) is 7.50. The molecule has 2 aromatic rings. The van der Waals surface area contributed by atoms with Gasteiger partial charge in [0, 0.05) is 36.7 Å². The van der Waals surface area contributed by atoms with Gasteiger partial charge in [0.15, 0.2) is 5.78 Å². The number of carbonyl (C=O) groups excluding carboxylic acids is 2. The zero-order valence-electron chi connectivity index (χ0n) is 13.3. The smallest absolute Gasteiger partial charge is 0.268 e. The molecule has 118 valence electrons. The summed E-state index contributed by atoms with van der Waals surface area (Å²) in [5.74, 6) is -0.164. The average Bonchev–Trinajstić information content (AvgIpc) is 3.10. The van der Waals surface area contributed by atoms with Crippen molar-refractivity contribution in [2.75, 3.05) is 6.54 Å². The van der Waals surface area contributed by atoms with E-state index in [1.807, 2.05) is 24.6 Å². The number of Topliss-reactive ketones (excluding diaryl/α,β-unsaturated/α-hetero) is 1. The Morgan fingerprint density at radius 1 is 1.41 bits per heavy atom. The molecule has 0 saturated heterocycles. The van der Waals surface area contributed by atoms with Crippen LogP contribution >= 0.6 is 0 Å². The van der Waals surface area contributed by atoms with Crippen molar-refractivity contribution in [2.24, 2.45) is 0 Å². The lowest BCUT2D eigenvalue weighted by Crippen LogP contribution is -2.26. The van der Waals surface area contributed by atoms with Crippen molar-refractivity contribution in [1.29, 1.82) is 0 Å². The first-order valence-electron chi connectivity index (χ1n) is 7.50. The predicted molar refractivity (Wildman–Crippen MR) is 84.1 cm³/mol. The van der Waals surface area contributed by atoms with Gasteiger partial charge in [-0.05, 0) is 32.3 Å². The van der Waals surface area contributed by atoms with Crippen molar-refractivity contribution in [2.45, 2.75) is 40.2 Å². The summed E-state index contributed by atoms with van der Waals surface area (Å²) in [6.45, 7) is 6.69. The Hall–Kier alpha value is -2.37. The van der Waals surface area contributed by atoms with Crippen LogP contribution in [0.5, 0.6) is 0 Å². The molecule has 2 N–H and O–H groups in total. The minimum Gasteiger partial charge on any atom is -0.354 e. The van der Waals surface area contributed by atoms with Crippen molar-refractivity contribution >= 4 is 11.7 Å². The molecule has 6 heteroatoms. The monoisotopic (exact) mass is 302 g/mol. The second-order valence-corrected chi connectivity index (χ2v) is 5.30. The number of aromatic nitrogens is 3. The van der Waals surface area contributed by atoms with Crippen molar-refractivity contribution < 1.29 is 9.59 Å². The van der Waals surface area contributed by atoms with Crippen LogP contribution in [0, 0.1) is 6.92 Å². The second kappa shape index (κ2) is 7.06. The SMILES string of the molecule is CCc1c(C(=O)NCCCn2ccnc2)[nH]c(C)c1C(C)=O. The van der Waals surface area contributed by atoms with E-state index in [9.17, 15) is 9.59 Å². The number of imidazole rings is 1. The predicted octanol–water partition coefficient (Wildman–Crippen LogP) is 2.10. The third kappa shape index (κ3) is 3.44. The Morgan fingerprint density at radius 2 is 2.18 bits per heavy atom. The number of amides is 1. The first-order chi connectivity index (χ1) is 10.5. The number of nitrogens with zero attached hydrogens (tertiary/aromatic N) is 2. The van der Waals surface area contributed by atoms with E-state index >= 15 is 0 Å². The van der Waals surface area contributed by atoms with E-state index in [2.05, 4.69) is 15.3 Å². The molecule has 0 aliphatic carbocycles. The molecule has 6 nitrogen and oxygen atoms in total. The maximum Gasteiger partial charge on any atom is 0.268 e. The number of aryl methyl sites for hydroxylation is 2. The number of carbonyl (C=O) groups is 2. The first kappa shape index (κ1) is 16.0. The van der Waals surface area contributed by atoms with Gasteiger partial charge in [-0.15, -0.1) is 0 Å². The van der Waals surface area contributed by atoms with Gasteiger partial charge >= 0.3 is 0 Å². The van der Waals surface area contributed by atoms with Gasteiger partial charge in [0.25, 0.3) is 5.91 Å². The minimum absolute atomic E-state index is 0.00948. The van der Waals surface area contributed by atoms with Crippen molar-refractivity contribution in [1.82, 2.24) is 19.9 Å². The molecule has 1 amide bonds. The molecule has 0 radical (unpaired) electrons. The zero-order chi connectivity index (χ0) is 16.1. The lowest BCUT2D eigenvalue weighted by Gasteiger charge is -2.06. The molecule has 0 bridgehead atoms. The number of ketones is 1. The summed E-state index contributed by atoms with van der Waals surface area (Å²) in [7, 11) is 0. The Morgan fingerprint density at radius 3 is 2.77 bits per heavy atom. The van der Waals surface area contributed by atoms with E-state index in [4.69, 9.17) is 0 Å². The standard InChI is InChI=1S/C16H22N4O2/c1-4-13-14(12(3)21)11(2)19-15(13)16(22)18-6-5-8-20-9-7-17-10-20/h7,9-10,19H,4-6,8H2,1-3H3,(H,18,22). The molecule has 0 fully saturated rings. The summed E-state index contributed by atoms with van der Waals surface area (Å²) < 4.78 is 1.97. The lowest BCUT2D eigenvalue weighted by atomic mass is 10.0. The van der Waals surface area contributed by atoms with E-state index < -0.39 is 0 Å². The Labute approximate surface area is 129 Å². The molecule has 0 aliphatic heterocycles. The van der Waals surface area contributed by atoms with E-state index in [0.29, 0.717) is 24.2 Å². The number of rotatable bonds is 7. The highest BCUT2D eigenvalue weighted by molar-refractivity contribution is 6.02. The lowest BCUT2D eigenvalue weighted by molar-refractivity contribution is 0.0947. The molecule has 0 spiro atoms. The quantitative estimate of drug-likeness (QED) is 0.607. The van der Waals surface area contributed by atoms with Crippen molar-refractivity contribution in [3.8, 4) is 0 Å². The molecule has 0 saturated carbocycles. The summed E-state index contributed by atoms with van der Waals surface area (Å²) in [5.41, 5.74) is 2.71. The molecular formula is C16H22N4O2. The summed E-state index contributed by atoms with van der Waals surface area (Å²) in [6.07, 6.45) is 6.85. The number of aromatic amines is 1.